The Morgan fingerprint density at radius 2 is 1.89 bits per heavy atom. The number of ether oxygens (including phenoxy) is 1. The van der Waals surface area contributed by atoms with Crippen LogP contribution in [0.15, 0.2) is 47.8 Å². The molecule has 0 unspecified atom stereocenters. The Morgan fingerprint density at radius 1 is 1.18 bits per heavy atom. The number of halogens is 2. The van der Waals surface area contributed by atoms with E-state index in [1.165, 1.54) is 11.3 Å². The first-order valence-corrected chi connectivity index (χ1v) is 10.4. The van der Waals surface area contributed by atoms with Gasteiger partial charge in [-0.2, -0.15) is 0 Å². The maximum Gasteiger partial charge on any atom is 0.273 e. The van der Waals surface area contributed by atoms with Crippen LogP contribution in [0.25, 0.3) is 10.6 Å². The molecule has 146 valence electrons. The van der Waals surface area contributed by atoms with Crippen LogP contribution in [0.3, 0.4) is 0 Å². The van der Waals surface area contributed by atoms with Gasteiger partial charge in [-0.3, -0.25) is 4.79 Å². The molecule has 0 radical (unpaired) electrons. The van der Waals surface area contributed by atoms with E-state index >= 15 is 0 Å². The first kappa shape index (κ1) is 20.6. The summed E-state index contributed by atoms with van der Waals surface area (Å²) >= 11 is 13.5. The van der Waals surface area contributed by atoms with E-state index in [4.69, 9.17) is 27.9 Å². The van der Waals surface area contributed by atoms with E-state index in [1.54, 1.807) is 29.5 Å². The lowest BCUT2D eigenvalue weighted by molar-refractivity contribution is 0.0750. The summed E-state index contributed by atoms with van der Waals surface area (Å²) in [4.78, 5) is 18.5. The van der Waals surface area contributed by atoms with E-state index in [0.29, 0.717) is 22.3 Å². The van der Waals surface area contributed by atoms with E-state index in [2.05, 4.69) is 4.98 Å². The minimum absolute atomic E-state index is 0.0719. The molecule has 0 atom stereocenters. The number of carbonyl (C=O) groups excluding carboxylic acids is 1. The average molecular weight is 435 g/mol. The van der Waals surface area contributed by atoms with Crippen LogP contribution in [0.4, 0.5) is 0 Å². The Morgan fingerprint density at radius 3 is 2.54 bits per heavy atom. The highest BCUT2D eigenvalue weighted by atomic mass is 35.5. The molecular formula is C21H20Cl2N2O2S. The van der Waals surface area contributed by atoms with Crippen molar-refractivity contribution in [2.24, 2.45) is 0 Å². The number of hydrogen-bond acceptors (Lipinski definition) is 4. The zero-order chi connectivity index (χ0) is 20.3. The third-order valence-corrected chi connectivity index (χ3v) is 5.81. The van der Waals surface area contributed by atoms with Gasteiger partial charge in [0, 0.05) is 39.6 Å². The highest BCUT2D eigenvalue weighted by molar-refractivity contribution is 7.13. The second kappa shape index (κ2) is 8.95. The van der Waals surface area contributed by atoms with Crippen molar-refractivity contribution < 1.29 is 9.53 Å². The van der Waals surface area contributed by atoms with Crippen LogP contribution in [0.1, 0.15) is 29.9 Å². The van der Waals surface area contributed by atoms with Gasteiger partial charge in [0.15, 0.2) is 0 Å². The summed E-state index contributed by atoms with van der Waals surface area (Å²) in [5.74, 6) is 0.652. The molecule has 0 saturated heterocycles. The Balaban J connectivity index is 1.67. The first-order chi connectivity index (χ1) is 13.3. The topological polar surface area (TPSA) is 42.4 Å². The van der Waals surface area contributed by atoms with E-state index in [0.717, 1.165) is 21.9 Å². The molecule has 3 aromatic rings. The maximum atomic E-state index is 12.4. The molecule has 1 aromatic heterocycles. The number of benzene rings is 2. The van der Waals surface area contributed by atoms with Crippen molar-refractivity contribution in [2.45, 2.75) is 26.5 Å². The third-order valence-electron chi connectivity index (χ3n) is 4.33. The summed E-state index contributed by atoms with van der Waals surface area (Å²) in [7, 11) is 1.78. The smallest absolute Gasteiger partial charge is 0.273 e. The molecule has 1 amide bonds. The van der Waals surface area contributed by atoms with E-state index < -0.39 is 0 Å². The fraction of sp³-hybridized carbons (Fsp3) is 0.238. The van der Waals surface area contributed by atoms with Crippen LogP contribution in [0.2, 0.25) is 10.0 Å². The molecule has 0 N–H and O–H groups in total. The van der Waals surface area contributed by atoms with E-state index in [-0.39, 0.29) is 11.9 Å². The molecule has 0 saturated carbocycles. The molecule has 4 nitrogen and oxygen atoms in total. The Hall–Kier alpha value is -2.08. The van der Waals surface area contributed by atoms with Gasteiger partial charge in [0.05, 0.1) is 0 Å². The minimum Gasteiger partial charge on any atom is -0.489 e. The van der Waals surface area contributed by atoms with Gasteiger partial charge < -0.3 is 9.64 Å². The molecule has 0 spiro atoms. The summed E-state index contributed by atoms with van der Waals surface area (Å²) < 4.78 is 5.80. The minimum atomic E-state index is -0.0719. The molecule has 0 fully saturated rings. The van der Waals surface area contributed by atoms with Gasteiger partial charge >= 0.3 is 0 Å². The summed E-state index contributed by atoms with van der Waals surface area (Å²) in [6.45, 7) is 4.30. The highest BCUT2D eigenvalue weighted by Gasteiger charge is 2.18. The monoisotopic (exact) mass is 434 g/mol. The van der Waals surface area contributed by atoms with Crippen molar-refractivity contribution in [1.82, 2.24) is 9.88 Å². The van der Waals surface area contributed by atoms with Gasteiger partial charge in [0.2, 0.25) is 0 Å². The van der Waals surface area contributed by atoms with Gasteiger partial charge in [-0.25, -0.2) is 4.98 Å². The van der Waals surface area contributed by atoms with Crippen LogP contribution in [0, 0.1) is 0 Å². The van der Waals surface area contributed by atoms with Crippen molar-refractivity contribution in [3.05, 3.63) is 69.1 Å². The number of thiazole rings is 1. The van der Waals surface area contributed by atoms with E-state index in [9.17, 15) is 4.79 Å². The molecular weight excluding hydrogens is 415 g/mol. The molecule has 0 aliphatic rings. The lowest BCUT2D eigenvalue weighted by atomic mass is 10.2. The number of hydrogen-bond donors (Lipinski definition) is 0. The number of rotatable bonds is 6. The molecule has 2 aromatic carbocycles. The predicted octanol–water partition coefficient (Wildman–Crippen LogP) is 6.18. The fourth-order valence-corrected chi connectivity index (χ4v) is 3.68. The lowest BCUT2D eigenvalue weighted by Crippen LogP contribution is -2.33. The Kier molecular flexibility index (Phi) is 6.60. The molecule has 0 bridgehead atoms. The number of carbonyl (C=O) groups is 1. The first-order valence-electron chi connectivity index (χ1n) is 8.75. The third kappa shape index (κ3) is 4.85. The summed E-state index contributed by atoms with van der Waals surface area (Å²) in [6.07, 6.45) is 0. The quantitative estimate of drug-likeness (QED) is 0.465. The molecule has 3 rings (SSSR count). The highest BCUT2D eigenvalue weighted by Crippen LogP contribution is 2.27. The molecule has 28 heavy (non-hydrogen) atoms. The van der Waals surface area contributed by atoms with Crippen LogP contribution in [-0.2, 0) is 6.61 Å². The SMILES string of the molecule is CC(C)N(C)C(=O)c1csc(-c2ccc(OCc3ccc(Cl)cc3Cl)cc2)n1. The summed E-state index contributed by atoms with van der Waals surface area (Å²) in [5.41, 5.74) is 2.27. The Bertz CT molecular complexity index is 971. The largest absolute Gasteiger partial charge is 0.489 e. The van der Waals surface area contributed by atoms with Crippen LogP contribution < -0.4 is 4.74 Å². The summed E-state index contributed by atoms with van der Waals surface area (Å²) in [6, 6.07) is 13.1. The van der Waals surface area contributed by atoms with Crippen LogP contribution in [0.5, 0.6) is 5.75 Å². The predicted molar refractivity (Wildman–Crippen MR) is 116 cm³/mol. The van der Waals surface area contributed by atoms with Crippen molar-refractivity contribution in [3.63, 3.8) is 0 Å². The van der Waals surface area contributed by atoms with Crippen molar-refractivity contribution >= 4 is 40.4 Å². The number of aromatic nitrogens is 1. The van der Waals surface area contributed by atoms with Crippen molar-refractivity contribution in [1.29, 1.82) is 0 Å². The number of nitrogens with zero attached hydrogens (tertiary/aromatic N) is 2. The normalized spacial score (nSPS) is 10.9. The zero-order valence-corrected chi connectivity index (χ0v) is 18.1. The molecule has 1 heterocycles. The molecule has 0 aliphatic heterocycles. The standard InChI is InChI=1S/C21H20Cl2N2O2S/c1-13(2)25(3)21(26)19-12-28-20(24-19)14-5-8-17(9-6-14)27-11-15-4-7-16(22)10-18(15)23/h4-10,12-13H,11H2,1-3H3. The van der Waals surface area contributed by atoms with Gasteiger partial charge in [-0.1, -0.05) is 29.3 Å². The van der Waals surface area contributed by atoms with E-state index in [1.807, 2.05) is 44.2 Å². The van der Waals surface area contributed by atoms with Crippen molar-refractivity contribution in [2.75, 3.05) is 7.05 Å². The Labute approximate surface area is 178 Å². The molecule has 0 aliphatic carbocycles. The molecule has 7 heteroatoms. The van der Waals surface area contributed by atoms with Gasteiger partial charge in [-0.05, 0) is 50.2 Å². The zero-order valence-electron chi connectivity index (χ0n) is 15.8. The second-order valence-electron chi connectivity index (χ2n) is 6.60. The van der Waals surface area contributed by atoms with Gasteiger partial charge in [0.25, 0.3) is 5.91 Å². The summed E-state index contributed by atoms with van der Waals surface area (Å²) in [5, 5.41) is 3.77. The maximum absolute atomic E-state index is 12.4. The van der Waals surface area contributed by atoms with Gasteiger partial charge in [0.1, 0.15) is 23.1 Å². The lowest BCUT2D eigenvalue weighted by Gasteiger charge is -2.19. The second-order valence-corrected chi connectivity index (χ2v) is 8.30. The van der Waals surface area contributed by atoms with Gasteiger partial charge in [-0.15, -0.1) is 11.3 Å². The number of amides is 1. The van der Waals surface area contributed by atoms with Crippen molar-refractivity contribution in [3.8, 4) is 16.3 Å². The van der Waals surface area contributed by atoms with Crippen LogP contribution >= 0.6 is 34.5 Å². The average Bonchev–Trinajstić information content (AvgIpc) is 3.16. The fourth-order valence-electron chi connectivity index (χ4n) is 2.41. The van der Waals surface area contributed by atoms with Crippen LogP contribution in [-0.4, -0.2) is 28.9 Å².